The Kier molecular flexibility index (Phi) is 11.8. The summed E-state index contributed by atoms with van der Waals surface area (Å²) in [5, 5.41) is 0. The van der Waals surface area contributed by atoms with Gasteiger partial charge in [-0.05, 0) is 35.7 Å². The fourth-order valence-corrected chi connectivity index (χ4v) is 8.16. The Labute approximate surface area is 265 Å². The highest BCUT2D eigenvalue weighted by atomic mass is 28.3. The number of rotatable bonds is 13. The topological polar surface area (TPSA) is 109 Å². The van der Waals surface area contributed by atoms with Gasteiger partial charge in [-0.25, -0.2) is 4.79 Å². The van der Waals surface area contributed by atoms with Crippen molar-refractivity contribution in [1.29, 1.82) is 0 Å². The van der Waals surface area contributed by atoms with Crippen LogP contribution in [-0.2, 0) is 43.4 Å². The summed E-state index contributed by atoms with van der Waals surface area (Å²) in [6.45, 7) is 10.1. The summed E-state index contributed by atoms with van der Waals surface area (Å²) < 4.78 is 26.9. The molecule has 1 aromatic heterocycles. The number of hydrogen-bond donors (Lipinski definition) is 1. The van der Waals surface area contributed by atoms with Gasteiger partial charge in [0.25, 0.3) is 5.56 Å². The van der Waals surface area contributed by atoms with E-state index in [1.54, 1.807) is 0 Å². The first-order chi connectivity index (χ1) is 21.7. The number of nitrogens with one attached hydrogen (secondary N) is 1. The van der Waals surface area contributed by atoms with Crippen molar-refractivity contribution in [2.24, 2.45) is 0 Å². The first-order valence-electron chi connectivity index (χ1n) is 15.7. The van der Waals surface area contributed by atoms with Crippen LogP contribution in [0.2, 0.25) is 18.1 Å². The number of benzene rings is 2. The van der Waals surface area contributed by atoms with Crippen molar-refractivity contribution < 1.29 is 23.7 Å². The summed E-state index contributed by atoms with van der Waals surface area (Å²) in [4.78, 5) is 40.7. The number of ether oxygens (including phenoxy) is 4. The molecule has 240 valence electrons. The molecule has 10 heteroatoms. The Balaban J connectivity index is 1.88. The number of H-pyrrole nitrogens is 1. The summed E-state index contributed by atoms with van der Waals surface area (Å²) >= 11 is 0. The molecule has 0 spiro atoms. The maximum Gasteiger partial charge on any atom is 0.330 e. The van der Waals surface area contributed by atoms with E-state index in [4.69, 9.17) is 18.9 Å². The minimum Gasteiger partial charge on any atom is -0.455 e. The molecule has 2 aromatic carbocycles. The number of aryl methyl sites for hydroxylation is 1. The molecular formula is C35H44N2O7Si. The largest absolute Gasteiger partial charge is 0.455 e. The molecule has 2 heterocycles. The van der Waals surface area contributed by atoms with E-state index in [9.17, 15) is 14.4 Å². The van der Waals surface area contributed by atoms with Gasteiger partial charge in [-0.2, -0.15) is 0 Å². The monoisotopic (exact) mass is 632 g/mol. The maximum atomic E-state index is 13.3. The van der Waals surface area contributed by atoms with Crippen LogP contribution in [0, 0.1) is 11.5 Å². The average molecular weight is 633 g/mol. The lowest BCUT2D eigenvalue weighted by atomic mass is 9.96. The summed E-state index contributed by atoms with van der Waals surface area (Å²) in [7, 11) is -2.02. The fourth-order valence-electron chi connectivity index (χ4n) is 5.65. The maximum absolute atomic E-state index is 13.3. The van der Waals surface area contributed by atoms with Gasteiger partial charge in [-0.1, -0.05) is 94.3 Å². The van der Waals surface area contributed by atoms with Crippen LogP contribution >= 0.6 is 0 Å². The van der Waals surface area contributed by atoms with Crippen LogP contribution in [0.15, 0.2) is 76.4 Å². The molecule has 4 atom stereocenters. The van der Waals surface area contributed by atoms with Crippen molar-refractivity contribution in [2.45, 2.75) is 96.4 Å². The Morgan fingerprint density at radius 1 is 0.956 bits per heavy atom. The molecule has 0 bridgehead atoms. The second-order valence-corrected chi connectivity index (χ2v) is 16.4. The summed E-state index contributed by atoms with van der Waals surface area (Å²) in [6, 6.07) is 22.3. The third kappa shape index (κ3) is 8.10. The van der Waals surface area contributed by atoms with Gasteiger partial charge in [0.15, 0.2) is 17.9 Å². The van der Waals surface area contributed by atoms with Crippen LogP contribution in [0.3, 0.4) is 0 Å². The number of nitrogens with zero attached hydrogens (tertiary/aromatic N) is 1. The lowest BCUT2D eigenvalue weighted by molar-refractivity contribution is -0.158. The van der Waals surface area contributed by atoms with Crippen LogP contribution in [0.4, 0.5) is 0 Å². The van der Waals surface area contributed by atoms with Gasteiger partial charge in [-0.3, -0.25) is 19.1 Å². The minimum atomic E-state index is -2.02. The SMILES string of the molecule is CCc1cn([C@@H]2O[C@](C#C[Si](CC)(CC)CC)(COCc3ccccc3)[C@@H](OCc3ccccc3)[C@H]2OC(C)=O)c(=O)[nH]c1=O. The first-order valence-corrected chi connectivity index (χ1v) is 18.3. The number of carbonyl (C=O) groups is 1. The zero-order valence-electron chi connectivity index (χ0n) is 26.8. The van der Waals surface area contributed by atoms with Crippen molar-refractivity contribution in [3.8, 4) is 11.5 Å². The second-order valence-electron chi connectivity index (χ2n) is 11.4. The Hall–Kier alpha value is -3.75. The molecule has 3 aromatic rings. The van der Waals surface area contributed by atoms with Gasteiger partial charge in [0.1, 0.15) is 14.2 Å². The minimum absolute atomic E-state index is 0.0109. The van der Waals surface area contributed by atoms with Crippen molar-refractivity contribution in [1.82, 2.24) is 9.55 Å². The molecule has 4 rings (SSSR count). The summed E-state index contributed by atoms with van der Waals surface area (Å²) in [5.74, 6) is 2.92. The molecular weight excluding hydrogens is 588 g/mol. The van der Waals surface area contributed by atoms with E-state index in [2.05, 4.69) is 37.2 Å². The lowest BCUT2D eigenvalue weighted by Crippen LogP contribution is -2.49. The molecule has 0 saturated carbocycles. The first kappa shape index (κ1) is 34.1. The van der Waals surface area contributed by atoms with E-state index < -0.39 is 49.3 Å². The van der Waals surface area contributed by atoms with E-state index in [-0.39, 0.29) is 13.2 Å². The third-order valence-electron chi connectivity index (χ3n) is 8.64. The van der Waals surface area contributed by atoms with E-state index in [1.807, 2.05) is 67.6 Å². The highest BCUT2D eigenvalue weighted by Crippen LogP contribution is 2.41. The molecule has 1 aliphatic rings. The van der Waals surface area contributed by atoms with E-state index in [0.29, 0.717) is 18.6 Å². The van der Waals surface area contributed by atoms with Crippen LogP contribution in [-0.4, -0.2) is 48.0 Å². The molecule has 0 amide bonds. The molecule has 0 unspecified atom stereocenters. The quantitative estimate of drug-likeness (QED) is 0.158. The highest BCUT2D eigenvalue weighted by molar-refractivity contribution is 6.87. The molecule has 0 aliphatic carbocycles. The van der Waals surface area contributed by atoms with Gasteiger partial charge in [0.05, 0.1) is 19.8 Å². The number of hydrogen-bond acceptors (Lipinski definition) is 7. The summed E-state index contributed by atoms with van der Waals surface area (Å²) in [6.07, 6.45) is -1.29. The van der Waals surface area contributed by atoms with Gasteiger partial charge >= 0.3 is 11.7 Å². The lowest BCUT2D eigenvalue weighted by Gasteiger charge is -2.31. The van der Waals surface area contributed by atoms with Crippen LogP contribution < -0.4 is 11.2 Å². The highest BCUT2D eigenvalue weighted by Gasteiger charge is 2.59. The van der Waals surface area contributed by atoms with Crippen molar-refractivity contribution >= 4 is 14.0 Å². The Bertz CT molecular complexity index is 1580. The van der Waals surface area contributed by atoms with Gasteiger partial charge in [0.2, 0.25) is 0 Å². The van der Waals surface area contributed by atoms with E-state index in [0.717, 1.165) is 29.3 Å². The van der Waals surface area contributed by atoms with Crippen molar-refractivity contribution in [2.75, 3.05) is 6.61 Å². The number of aromatic amines is 1. The fraction of sp³-hybridized carbons (Fsp3) is 0.457. The van der Waals surface area contributed by atoms with Crippen molar-refractivity contribution in [3.63, 3.8) is 0 Å². The molecule has 1 fully saturated rings. The van der Waals surface area contributed by atoms with Crippen LogP contribution in [0.25, 0.3) is 0 Å². The smallest absolute Gasteiger partial charge is 0.330 e. The normalized spacial score (nSPS) is 21.2. The number of carbonyl (C=O) groups excluding carboxylic acids is 1. The molecule has 1 N–H and O–H groups in total. The molecule has 45 heavy (non-hydrogen) atoms. The molecule has 1 aliphatic heterocycles. The molecule has 9 nitrogen and oxygen atoms in total. The second kappa shape index (κ2) is 15.5. The zero-order chi connectivity index (χ0) is 32.5. The Morgan fingerprint density at radius 3 is 2.11 bits per heavy atom. The summed E-state index contributed by atoms with van der Waals surface area (Å²) in [5.41, 5.74) is 3.35. The molecule has 0 radical (unpaired) electrons. The van der Waals surface area contributed by atoms with Gasteiger partial charge < -0.3 is 18.9 Å². The standard InChI is InChI=1S/C35H44N2O7Si/c1-6-29-22-37(34(40)36-32(29)39)33-30(43-26(5)38)31(42-24-28-18-14-11-15-19-28)35(44-33,20-21-45(7-2,8-3)9-4)25-41-23-27-16-12-10-13-17-27/h10-19,22,30-31,33H,6-9,23-25H2,1-5H3,(H,36,39,40)/t30-,31+,33-,35-/m1/s1. The third-order valence-corrected chi connectivity index (χ3v) is 13.4. The van der Waals surface area contributed by atoms with Crippen LogP contribution in [0.5, 0.6) is 0 Å². The predicted molar refractivity (Wildman–Crippen MR) is 175 cm³/mol. The van der Waals surface area contributed by atoms with Crippen molar-refractivity contribution in [3.05, 3.63) is 104 Å². The zero-order valence-corrected chi connectivity index (χ0v) is 27.8. The van der Waals surface area contributed by atoms with Gasteiger partial charge in [-0.15, -0.1) is 5.54 Å². The molecule has 1 saturated heterocycles. The Morgan fingerprint density at radius 2 is 1.56 bits per heavy atom. The predicted octanol–water partition coefficient (Wildman–Crippen LogP) is 5.15. The number of esters is 1. The number of aromatic nitrogens is 2. The van der Waals surface area contributed by atoms with E-state index >= 15 is 0 Å². The van der Waals surface area contributed by atoms with Crippen LogP contribution in [0.1, 0.15) is 57.5 Å². The van der Waals surface area contributed by atoms with E-state index in [1.165, 1.54) is 17.7 Å². The average Bonchev–Trinajstić information content (AvgIpc) is 3.34. The van der Waals surface area contributed by atoms with Gasteiger partial charge in [0, 0.05) is 18.7 Å².